The van der Waals surface area contributed by atoms with Crippen molar-refractivity contribution in [2.24, 2.45) is 0 Å². The van der Waals surface area contributed by atoms with Crippen molar-refractivity contribution in [2.75, 3.05) is 33.5 Å². The molecule has 0 N–H and O–H groups in total. The molecule has 0 unspecified atom stereocenters. The van der Waals surface area contributed by atoms with Gasteiger partial charge >= 0.3 is 0 Å². The van der Waals surface area contributed by atoms with Crippen LogP contribution in [0.2, 0.25) is 0 Å². The third kappa shape index (κ3) is 4.24. The zero-order chi connectivity index (χ0) is 12.8. The molecule has 0 aliphatic heterocycles. The van der Waals surface area contributed by atoms with Gasteiger partial charge in [0.05, 0.1) is 16.9 Å². The Hall–Kier alpha value is -1.27. The summed E-state index contributed by atoms with van der Waals surface area (Å²) in [6, 6.07) is 4.64. The van der Waals surface area contributed by atoms with E-state index in [4.69, 9.17) is 4.74 Å². The van der Waals surface area contributed by atoms with E-state index in [0.29, 0.717) is 5.75 Å². The Balaban J connectivity index is 2.79. The Kier molecular flexibility index (Phi) is 5.24. The van der Waals surface area contributed by atoms with Crippen LogP contribution in [0.1, 0.15) is 0 Å². The monoisotopic (exact) mass is 256 g/mol. The third-order valence-electron chi connectivity index (χ3n) is 2.15. The van der Waals surface area contributed by atoms with Gasteiger partial charge in [0.15, 0.2) is 0 Å². The smallest absolute Gasteiger partial charge is 0.270 e. The highest BCUT2D eigenvalue weighted by atomic mass is 32.2. The van der Waals surface area contributed by atoms with Crippen molar-refractivity contribution in [3.05, 3.63) is 28.3 Å². The normalized spacial score (nSPS) is 10.6. The first-order chi connectivity index (χ1) is 8.04. The van der Waals surface area contributed by atoms with Crippen LogP contribution in [0, 0.1) is 10.1 Å². The lowest BCUT2D eigenvalue weighted by molar-refractivity contribution is -0.385. The van der Waals surface area contributed by atoms with Gasteiger partial charge in [0.1, 0.15) is 5.75 Å². The lowest BCUT2D eigenvalue weighted by Crippen LogP contribution is -2.14. The van der Waals surface area contributed by atoms with Crippen LogP contribution in [0.5, 0.6) is 5.75 Å². The Morgan fingerprint density at radius 1 is 1.47 bits per heavy atom. The Labute approximate surface area is 105 Å². The van der Waals surface area contributed by atoms with Gasteiger partial charge in [-0.05, 0) is 20.2 Å². The van der Waals surface area contributed by atoms with Gasteiger partial charge < -0.3 is 9.64 Å². The molecule has 0 heterocycles. The van der Waals surface area contributed by atoms with E-state index in [2.05, 4.69) is 4.90 Å². The predicted octanol–water partition coefficient (Wildman–Crippen LogP) is 2.26. The molecule has 0 radical (unpaired) electrons. The van der Waals surface area contributed by atoms with Gasteiger partial charge in [-0.3, -0.25) is 10.1 Å². The van der Waals surface area contributed by atoms with Crippen molar-refractivity contribution in [1.82, 2.24) is 4.90 Å². The Morgan fingerprint density at radius 3 is 2.71 bits per heavy atom. The topological polar surface area (TPSA) is 55.6 Å². The molecule has 94 valence electrons. The summed E-state index contributed by atoms with van der Waals surface area (Å²) in [6.45, 7) is 0.913. The number of thioether (sulfide) groups is 1. The summed E-state index contributed by atoms with van der Waals surface area (Å²) in [4.78, 5) is 13.2. The van der Waals surface area contributed by atoms with Crippen molar-refractivity contribution in [2.45, 2.75) is 4.90 Å². The minimum Gasteiger partial charge on any atom is -0.496 e. The van der Waals surface area contributed by atoms with E-state index >= 15 is 0 Å². The van der Waals surface area contributed by atoms with Gasteiger partial charge in [0.25, 0.3) is 5.69 Å². The molecule has 0 atom stereocenters. The first-order valence-corrected chi connectivity index (χ1v) is 6.13. The molecule has 0 aromatic heterocycles. The standard InChI is InChI=1S/C11H16N2O3S/c1-12(2)6-7-17-11-8-9(13(14)15)4-5-10(11)16-3/h4-5,8H,6-7H2,1-3H3. The molecular formula is C11H16N2O3S. The fourth-order valence-electron chi connectivity index (χ4n) is 1.23. The molecule has 0 amide bonds. The van der Waals surface area contributed by atoms with Gasteiger partial charge in [-0.2, -0.15) is 0 Å². The molecule has 1 aromatic carbocycles. The molecule has 6 heteroatoms. The van der Waals surface area contributed by atoms with Crippen molar-refractivity contribution in [1.29, 1.82) is 0 Å². The number of non-ortho nitro benzene ring substituents is 1. The van der Waals surface area contributed by atoms with Crippen molar-refractivity contribution < 1.29 is 9.66 Å². The van der Waals surface area contributed by atoms with Crippen LogP contribution in [-0.4, -0.2) is 43.3 Å². The van der Waals surface area contributed by atoms with Crippen LogP contribution in [0.3, 0.4) is 0 Å². The number of nitrogens with zero attached hydrogens (tertiary/aromatic N) is 2. The second kappa shape index (κ2) is 6.46. The quantitative estimate of drug-likeness (QED) is 0.444. The molecule has 0 fully saturated rings. The maximum Gasteiger partial charge on any atom is 0.270 e. The van der Waals surface area contributed by atoms with E-state index < -0.39 is 4.92 Å². The molecule has 0 saturated heterocycles. The number of rotatable bonds is 6. The molecular weight excluding hydrogens is 240 g/mol. The summed E-state index contributed by atoms with van der Waals surface area (Å²) in [5.74, 6) is 1.55. The second-order valence-corrected chi connectivity index (χ2v) is 4.88. The molecule has 0 spiro atoms. The summed E-state index contributed by atoms with van der Waals surface area (Å²) >= 11 is 1.56. The fourth-order valence-corrected chi connectivity index (χ4v) is 2.40. The predicted molar refractivity (Wildman–Crippen MR) is 68.9 cm³/mol. The fraction of sp³-hybridized carbons (Fsp3) is 0.455. The van der Waals surface area contributed by atoms with Gasteiger partial charge in [-0.25, -0.2) is 0 Å². The highest BCUT2D eigenvalue weighted by Crippen LogP contribution is 2.32. The summed E-state index contributed by atoms with van der Waals surface area (Å²) in [5, 5.41) is 10.7. The maximum atomic E-state index is 10.7. The molecule has 0 aliphatic rings. The summed E-state index contributed by atoms with van der Waals surface area (Å²) in [6.07, 6.45) is 0. The van der Waals surface area contributed by atoms with E-state index in [1.807, 2.05) is 14.1 Å². The number of methoxy groups -OCH3 is 1. The molecule has 5 nitrogen and oxygen atoms in total. The van der Waals surface area contributed by atoms with Crippen LogP contribution < -0.4 is 4.74 Å². The third-order valence-corrected chi connectivity index (χ3v) is 3.17. The Morgan fingerprint density at radius 2 is 2.18 bits per heavy atom. The van der Waals surface area contributed by atoms with E-state index in [9.17, 15) is 10.1 Å². The number of nitro benzene ring substituents is 1. The molecule has 0 aliphatic carbocycles. The van der Waals surface area contributed by atoms with Crippen LogP contribution in [0.4, 0.5) is 5.69 Å². The van der Waals surface area contributed by atoms with Crippen LogP contribution in [-0.2, 0) is 0 Å². The number of ether oxygens (including phenoxy) is 1. The summed E-state index contributed by atoms with van der Waals surface area (Å²) < 4.78 is 5.18. The van der Waals surface area contributed by atoms with Gasteiger partial charge in [-0.1, -0.05) is 0 Å². The minimum atomic E-state index is -0.393. The molecule has 0 saturated carbocycles. The number of hydrogen-bond donors (Lipinski definition) is 0. The van der Waals surface area contributed by atoms with Crippen molar-refractivity contribution >= 4 is 17.4 Å². The van der Waals surface area contributed by atoms with Gasteiger partial charge in [0.2, 0.25) is 0 Å². The largest absolute Gasteiger partial charge is 0.496 e. The van der Waals surface area contributed by atoms with Crippen LogP contribution >= 0.6 is 11.8 Å². The average Bonchev–Trinajstić information content (AvgIpc) is 2.28. The molecule has 1 rings (SSSR count). The Bertz CT molecular complexity index is 396. The highest BCUT2D eigenvalue weighted by Gasteiger charge is 2.11. The van der Waals surface area contributed by atoms with Gasteiger partial charge in [-0.15, -0.1) is 11.8 Å². The van der Waals surface area contributed by atoms with Crippen molar-refractivity contribution in [3.8, 4) is 5.75 Å². The molecule has 0 bridgehead atoms. The average molecular weight is 256 g/mol. The van der Waals surface area contributed by atoms with Crippen LogP contribution in [0.25, 0.3) is 0 Å². The van der Waals surface area contributed by atoms with E-state index in [0.717, 1.165) is 17.2 Å². The lowest BCUT2D eigenvalue weighted by Gasteiger charge is -2.10. The number of hydrogen-bond acceptors (Lipinski definition) is 5. The summed E-state index contributed by atoms with van der Waals surface area (Å²) in [5.41, 5.74) is 0.0955. The van der Waals surface area contributed by atoms with Crippen molar-refractivity contribution in [3.63, 3.8) is 0 Å². The number of benzene rings is 1. The minimum absolute atomic E-state index is 0.0955. The second-order valence-electron chi connectivity index (χ2n) is 3.74. The van der Waals surface area contributed by atoms with E-state index in [1.165, 1.54) is 6.07 Å². The van der Waals surface area contributed by atoms with Gasteiger partial charge in [0, 0.05) is 24.4 Å². The zero-order valence-corrected chi connectivity index (χ0v) is 11.0. The van der Waals surface area contributed by atoms with Crippen LogP contribution in [0.15, 0.2) is 23.1 Å². The first-order valence-electron chi connectivity index (χ1n) is 5.14. The SMILES string of the molecule is COc1ccc([N+](=O)[O-])cc1SCCN(C)C. The molecule has 1 aromatic rings. The number of nitro groups is 1. The molecule has 17 heavy (non-hydrogen) atoms. The zero-order valence-electron chi connectivity index (χ0n) is 10.2. The first kappa shape index (κ1) is 13.8. The van der Waals surface area contributed by atoms with E-state index in [1.54, 1.807) is 31.0 Å². The van der Waals surface area contributed by atoms with E-state index in [-0.39, 0.29) is 5.69 Å². The summed E-state index contributed by atoms with van der Waals surface area (Å²) in [7, 11) is 5.55. The highest BCUT2D eigenvalue weighted by molar-refractivity contribution is 7.99. The maximum absolute atomic E-state index is 10.7. The lowest BCUT2D eigenvalue weighted by atomic mass is 10.3.